The summed E-state index contributed by atoms with van der Waals surface area (Å²) in [5.41, 5.74) is 1.63. The van der Waals surface area contributed by atoms with E-state index in [4.69, 9.17) is 4.74 Å². The van der Waals surface area contributed by atoms with Crippen LogP contribution < -0.4 is 10.1 Å². The van der Waals surface area contributed by atoms with E-state index in [-0.39, 0.29) is 17.7 Å². The lowest BCUT2D eigenvalue weighted by Crippen LogP contribution is -2.39. The van der Waals surface area contributed by atoms with Gasteiger partial charge in [0.25, 0.3) is 0 Å². The number of hydrogen-bond acceptors (Lipinski definition) is 6. The SMILES string of the molecule is O=C(c1ccc(Oc2ccccc2)cc1)c1c[nH]c2ncnc(NC3CCCCN(C(=O)CI)C3)c12. The van der Waals surface area contributed by atoms with Gasteiger partial charge < -0.3 is 19.9 Å². The van der Waals surface area contributed by atoms with Gasteiger partial charge in [-0.1, -0.05) is 40.8 Å². The van der Waals surface area contributed by atoms with Crippen molar-refractivity contribution in [2.75, 3.05) is 22.8 Å². The summed E-state index contributed by atoms with van der Waals surface area (Å²) >= 11 is 2.11. The van der Waals surface area contributed by atoms with Crippen LogP contribution in [0.4, 0.5) is 5.82 Å². The number of H-pyrrole nitrogens is 1. The minimum atomic E-state index is -0.132. The fourth-order valence-corrected chi connectivity index (χ4v) is 4.95. The highest BCUT2D eigenvalue weighted by atomic mass is 127. The third-order valence-electron chi connectivity index (χ3n) is 6.29. The van der Waals surface area contributed by atoms with Gasteiger partial charge in [0, 0.05) is 30.9 Å². The Morgan fingerprint density at radius 2 is 1.83 bits per heavy atom. The third kappa shape index (κ3) is 5.35. The molecule has 0 aliphatic carbocycles. The number of carbonyl (C=O) groups is 2. The maximum Gasteiger partial charge on any atom is 0.232 e. The molecular formula is C27H26IN5O3. The Hall–Kier alpha value is -3.47. The van der Waals surface area contributed by atoms with E-state index in [0.29, 0.717) is 44.7 Å². The van der Waals surface area contributed by atoms with Gasteiger partial charge in [0.1, 0.15) is 29.3 Å². The van der Waals surface area contributed by atoms with E-state index in [1.807, 2.05) is 35.2 Å². The Morgan fingerprint density at radius 1 is 1.06 bits per heavy atom. The molecule has 2 aromatic carbocycles. The Balaban J connectivity index is 1.38. The number of aromatic nitrogens is 3. The fourth-order valence-electron chi connectivity index (χ4n) is 4.47. The summed E-state index contributed by atoms with van der Waals surface area (Å²) in [4.78, 5) is 39.6. The molecule has 0 spiro atoms. The van der Waals surface area contributed by atoms with Gasteiger partial charge in [0.15, 0.2) is 5.78 Å². The summed E-state index contributed by atoms with van der Waals surface area (Å²) in [5, 5.41) is 4.16. The van der Waals surface area contributed by atoms with Crippen molar-refractivity contribution in [2.45, 2.75) is 25.3 Å². The van der Waals surface area contributed by atoms with Crippen molar-refractivity contribution in [3.63, 3.8) is 0 Å². The Morgan fingerprint density at radius 3 is 2.61 bits per heavy atom. The van der Waals surface area contributed by atoms with Crippen molar-refractivity contribution < 1.29 is 14.3 Å². The third-order valence-corrected chi connectivity index (χ3v) is 6.94. The number of hydrogen-bond donors (Lipinski definition) is 2. The number of aromatic amines is 1. The van der Waals surface area contributed by atoms with E-state index in [1.165, 1.54) is 6.33 Å². The van der Waals surface area contributed by atoms with Gasteiger partial charge in [-0.05, 0) is 55.7 Å². The Labute approximate surface area is 222 Å². The number of fused-ring (bicyclic) bond motifs is 1. The standard InChI is InChI=1S/C27H26IN5O3/c28-14-23(34)33-13-5-4-6-19(16-33)32-27-24-22(15-29-26(24)30-17-31-27)25(35)18-9-11-21(12-10-18)36-20-7-2-1-3-8-20/h1-3,7-12,15,17,19H,4-6,13-14,16H2,(H2,29,30,31,32). The summed E-state index contributed by atoms with van der Waals surface area (Å²) in [6.07, 6.45) is 6.09. The number of ketones is 1. The van der Waals surface area contributed by atoms with Crippen LogP contribution in [0.5, 0.6) is 11.5 Å². The molecule has 2 aromatic heterocycles. The Kier molecular flexibility index (Phi) is 7.45. The van der Waals surface area contributed by atoms with Gasteiger partial charge in [-0.25, -0.2) is 9.97 Å². The summed E-state index contributed by atoms with van der Waals surface area (Å²) in [6.45, 7) is 1.39. The highest BCUT2D eigenvalue weighted by Crippen LogP contribution is 2.28. The zero-order chi connectivity index (χ0) is 24.9. The summed E-state index contributed by atoms with van der Waals surface area (Å²) in [7, 11) is 0. The predicted molar refractivity (Wildman–Crippen MR) is 147 cm³/mol. The number of benzene rings is 2. The number of amides is 1. The maximum absolute atomic E-state index is 13.5. The number of alkyl halides is 1. The number of anilines is 1. The molecule has 8 nitrogen and oxygen atoms in total. The van der Waals surface area contributed by atoms with Crippen LogP contribution in [-0.2, 0) is 4.79 Å². The van der Waals surface area contributed by atoms with Gasteiger partial charge in [0.2, 0.25) is 5.91 Å². The minimum absolute atomic E-state index is 0.0461. The van der Waals surface area contributed by atoms with Gasteiger partial charge >= 0.3 is 0 Å². The van der Waals surface area contributed by atoms with Crippen molar-refractivity contribution in [1.29, 1.82) is 0 Å². The second-order valence-electron chi connectivity index (χ2n) is 8.73. The van der Waals surface area contributed by atoms with Crippen molar-refractivity contribution >= 4 is 51.1 Å². The Bertz CT molecular complexity index is 1360. The summed E-state index contributed by atoms with van der Waals surface area (Å²) < 4.78 is 6.31. The van der Waals surface area contributed by atoms with Crippen LogP contribution in [0.3, 0.4) is 0 Å². The number of para-hydroxylation sites is 1. The smallest absolute Gasteiger partial charge is 0.232 e. The quantitative estimate of drug-likeness (QED) is 0.173. The minimum Gasteiger partial charge on any atom is -0.457 e. The van der Waals surface area contributed by atoms with Gasteiger partial charge in [-0.15, -0.1) is 0 Å². The zero-order valence-electron chi connectivity index (χ0n) is 19.6. The number of nitrogens with zero attached hydrogens (tertiary/aromatic N) is 3. The fraction of sp³-hybridized carbons (Fsp3) is 0.259. The molecule has 1 unspecified atom stereocenters. The number of ether oxygens (including phenoxy) is 1. The van der Waals surface area contributed by atoms with E-state index in [0.717, 1.165) is 31.6 Å². The van der Waals surface area contributed by atoms with E-state index in [2.05, 4.69) is 42.9 Å². The van der Waals surface area contributed by atoms with Crippen LogP contribution >= 0.6 is 22.6 Å². The number of nitrogens with one attached hydrogen (secondary N) is 2. The van der Waals surface area contributed by atoms with Crippen molar-refractivity contribution in [1.82, 2.24) is 19.9 Å². The molecule has 1 fully saturated rings. The van der Waals surface area contributed by atoms with Gasteiger partial charge in [-0.2, -0.15) is 0 Å². The summed E-state index contributed by atoms with van der Waals surface area (Å²) in [6, 6.07) is 16.6. The topological polar surface area (TPSA) is 100 Å². The molecule has 1 aliphatic rings. The zero-order valence-corrected chi connectivity index (χ0v) is 21.8. The van der Waals surface area contributed by atoms with E-state index in [1.54, 1.807) is 30.5 Å². The first-order valence-corrected chi connectivity index (χ1v) is 13.4. The average molecular weight is 595 g/mol. The largest absolute Gasteiger partial charge is 0.457 e. The molecule has 5 rings (SSSR count). The lowest BCUT2D eigenvalue weighted by molar-refractivity contribution is -0.128. The van der Waals surface area contributed by atoms with E-state index in [9.17, 15) is 9.59 Å². The lowest BCUT2D eigenvalue weighted by atomic mass is 10.0. The molecule has 1 saturated heterocycles. The maximum atomic E-state index is 13.5. The van der Waals surface area contributed by atoms with Crippen LogP contribution in [-0.4, -0.2) is 55.1 Å². The van der Waals surface area contributed by atoms with Crippen LogP contribution in [0.15, 0.2) is 67.1 Å². The van der Waals surface area contributed by atoms with Crippen molar-refractivity contribution in [3.05, 3.63) is 78.2 Å². The highest BCUT2D eigenvalue weighted by molar-refractivity contribution is 14.1. The predicted octanol–water partition coefficient (Wildman–Crippen LogP) is 5.21. The first-order valence-electron chi connectivity index (χ1n) is 11.9. The molecule has 1 atom stereocenters. The van der Waals surface area contributed by atoms with Crippen LogP contribution in [0, 0.1) is 0 Å². The molecule has 184 valence electrons. The second-order valence-corrected chi connectivity index (χ2v) is 9.49. The molecule has 1 amide bonds. The summed E-state index contributed by atoms with van der Waals surface area (Å²) in [5.74, 6) is 2.00. The monoisotopic (exact) mass is 595 g/mol. The average Bonchev–Trinajstić information content (AvgIpc) is 3.22. The molecule has 0 radical (unpaired) electrons. The molecule has 9 heteroatoms. The number of likely N-dealkylation sites (tertiary alicyclic amines) is 1. The van der Waals surface area contributed by atoms with Gasteiger partial charge in [-0.3, -0.25) is 9.59 Å². The number of carbonyl (C=O) groups excluding carboxylic acids is 2. The lowest BCUT2D eigenvalue weighted by Gasteiger charge is -2.25. The molecule has 0 bridgehead atoms. The van der Waals surface area contributed by atoms with Crippen LogP contribution in [0.2, 0.25) is 0 Å². The second kappa shape index (κ2) is 11.1. The van der Waals surface area contributed by atoms with E-state index < -0.39 is 0 Å². The molecule has 4 aromatic rings. The normalized spacial score (nSPS) is 15.9. The van der Waals surface area contributed by atoms with Crippen LogP contribution in [0.25, 0.3) is 11.0 Å². The van der Waals surface area contributed by atoms with Crippen molar-refractivity contribution in [2.24, 2.45) is 0 Å². The molecule has 1 aliphatic heterocycles. The van der Waals surface area contributed by atoms with Gasteiger partial charge in [0.05, 0.1) is 15.4 Å². The first kappa shape index (κ1) is 24.2. The number of halogens is 1. The van der Waals surface area contributed by atoms with Crippen molar-refractivity contribution in [3.8, 4) is 11.5 Å². The number of rotatable bonds is 7. The highest BCUT2D eigenvalue weighted by Gasteiger charge is 2.24. The van der Waals surface area contributed by atoms with Crippen LogP contribution in [0.1, 0.15) is 35.2 Å². The first-order chi connectivity index (χ1) is 17.6. The van der Waals surface area contributed by atoms with E-state index >= 15 is 0 Å². The molecule has 0 saturated carbocycles. The molecule has 3 heterocycles. The molecule has 2 N–H and O–H groups in total. The molecule has 36 heavy (non-hydrogen) atoms. The molecular weight excluding hydrogens is 569 g/mol.